The molecule has 6 heteroatoms. The van der Waals surface area contributed by atoms with Gasteiger partial charge in [-0.05, 0) is 48.6 Å². The van der Waals surface area contributed by atoms with Gasteiger partial charge in [0.1, 0.15) is 0 Å². The summed E-state index contributed by atoms with van der Waals surface area (Å²) in [4.78, 5) is 21.3. The zero-order valence-corrected chi connectivity index (χ0v) is 14.5. The first kappa shape index (κ1) is 16.2. The van der Waals surface area contributed by atoms with Gasteiger partial charge in [0.15, 0.2) is 0 Å². The third kappa shape index (κ3) is 3.55. The SMILES string of the molecule is O=C(NC(c1cccnc1)C1CCOCC1)c1ccc2ncsc2c1. The van der Waals surface area contributed by atoms with Crippen molar-refractivity contribution in [2.75, 3.05) is 13.2 Å². The molecular formula is C19H19N3O2S. The molecular weight excluding hydrogens is 334 g/mol. The number of hydrogen-bond donors (Lipinski definition) is 1. The summed E-state index contributed by atoms with van der Waals surface area (Å²) in [6, 6.07) is 9.53. The van der Waals surface area contributed by atoms with Crippen LogP contribution >= 0.6 is 11.3 Å². The van der Waals surface area contributed by atoms with Gasteiger partial charge in [-0.1, -0.05) is 6.07 Å². The van der Waals surface area contributed by atoms with Crippen LogP contribution in [0.1, 0.15) is 34.8 Å². The van der Waals surface area contributed by atoms with Crippen LogP contribution in [0.5, 0.6) is 0 Å². The van der Waals surface area contributed by atoms with Crippen LogP contribution in [-0.4, -0.2) is 29.1 Å². The van der Waals surface area contributed by atoms with Crippen molar-refractivity contribution in [1.29, 1.82) is 0 Å². The Morgan fingerprint density at radius 2 is 2.16 bits per heavy atom. The lowest BCUT2D eigenvalue weighted by atomic mass is 9.87. The molecule has 3 heterocycles. The summed E-state index contributed by atoms with van der Waals surface area (Å²) in [7, 11) is 0. The largest absolute Gasteiger partial charge is 0.381 e. The highest BCUT2D eigenvalue weighted by Gasteiger charge is 2.27. The zero-order chi connectivity index (χ0) is 17.1. The maximum Gasteiger partial charge on any atom is 0.251 e. The Labute approximate surface area is 150 Å². The normalized spacial score (nSPS) is 16.6. The topological polar surface area (TPSA) is 64.1 Å². The number of hydrogen-bond acceptors (Lipinski definition) is 5. The van der Waals surface area contributed by atoms with Gasteiger partial charge in [0.2, 0.25) is 0 Å². The fraction of sp³-hybridized carbons (Fsp3) is 0.316. The quantitative estimate of drug-likeness (QED) is 0.778. The second-order valence-corrected chi connectivity index (χ2v) is 7.11. The first-order chi connectivity index (χ1) is 12.3. The second kappa shape index (κ2) is 7.29. The average molecular weight is 353 g/mol. The number of amides is 1. The van der Waals surface area contributed by atoms with E-state index in [1.165, 1.54) is 0 Å². The summed E-state index contributed by atoms with van der Waals surface area (Å²) in [5, 5.41) is 3.23. The van der Waals surface area contributed by atoms with Gasteiger partial charge >= 0.3 is 0 Å². The van der Waals surface area contributed by atoms with Gasteiger partial charge in [0, 0.05) is 31.2 Å². The van der Waals surface area contributed by atoms with Crippen LogP contribution in [-0.2, 0) is 4.74 Å². The molecule has 0 bridgehead atoms. The molecule has 2 aromatic heterocycles. The fourth-order valence-electron chi connectivity index (χ4n) is 3.30. The molecule has 1 fully saturated rings. The van der Waals surface area contributed by atoms with Crippen molar-refractivity contribution >= 4 is 27.5 Å². The van der Waals surface area contributed by atoms with Gasteiger partial charge in [-0.2, -0.15) is 0 Å². The van der Waals surface area contributed by atoms with Gasteiger partial charge in [-0.25, -0.2) is 4.98 Å². The molecule has 1 aliphatic rings. The van der Waals surface area contributed by atoms with E-state index in [-0.39, 0.29) is 11.9 Å². The van der Waals surface area contributed by atoms with Crippen molar-refractivity contribution in [1.82, 2.24) is 15.3 Å². The summed E-state index contributed by atoms with van der Waals surface area (Å²) in [5.41, 5.74) is 4.43. The van der Waals surface area contributed by atoms with Gasteiger partial charge in [0.25, 0.3) is 5.91 Å². The summed E-state index contributed by atoms with van der Waals surface area (Å²) in [6.07, 6.45) is 5.47. The average Bonchev–Trinajstić information content (AvgIpc) is 3.15. The molecule has 1 N–H and O–H groups in total. The number of pyridine rings is 1. The molecule has 0 spiro atoms. The zero-order valence-electron chi connectivity index (χ0n) is 13.7. The molecule has 128 valence electrons. The lowest BCUT2D eigenvalue weighted by Crippen LogP contribution is -2.36. The molecule has 25 heavy (non-hydrogen) atoms. The van der Waals surface area contributed by atoms with Crippen LogP contribution in [0, 0.1) is 5.92 Å². The number of carbonyl (C=O) groups is 1. The number of aromatic nitrogens is 2. The van der Waals surface area contributed by atoms with Gasteiger partial charge in [-0.3, -0.25) is 9.78 Å². The number of carbonyl (C=O) groups excluding carboxylic acids is 1. The highest BCUT2D eigenvalue weighted by Crippen LogP contribution is 2.30. The Kier molecular flexibility index (Phi) is 4.72. The lowest BCUT2D eigenvalue weighted by molar-refractivity contribution is 0.0513. The maximum absolute atomic E-state index is 12.9. The number of nitrogens with zero attached hydrogens (tertiary/aromatic N) is 2. The summed E-state index contributed by atoms with van der Waals surface area (Å²) < 4.78 is 6.51. The third-order valence-corrected chi connectivity index (χ3v) is 5.45. The van der Waals surface area contributed by atoms with Crippen molar-refractivity contribution in [2.45, 2.75) is 18.9 Å². The lowest BCUT2D eigenvalue weighted by Gasteiger charge is -2.31. The highest BCUT2D eigenvalue weighted by atomic mass is 32.1. The molecule has 1 aromatic carbocycles. The van der Waals surface area contributed by atoms with Crippen LogP contribution in [0.3, 0.4) is 0 Å². The van der Waals surface area contributed by atoms with E-state index < -0.39 is 0 Å². The van der Waals surface area contributed by atoms with E-state index in [0.29, 0.717) is 11.5 Å². The minimum atomic E-state index is -0.0596. The summed E-state index contributed by atoms with van der Waals surface area (Å²) in [5.74, 6) is 0.296. The minimum Gasteiger partial charge on any atom is -0.381 e. The van der Waals surface area contributed by atoms with Gasteiger partial charge in [-0.15, -0.1) is 11.3 Å². The van der Waals surface area contributed by atoms with E-state index in [4.69, 9.17) is 4.74 Å². The Morgan fingerprint density at radius 3 is 2.96 bits per heavy atom. The van der Waals surface area contributed by atoms with Gasteiger partial charge < -0.3 is 10.1 Å². The molecule has 0 saturated carbocycles. The Morgan fingerprint density at radius 1 is 1.28 bits per heavy atom. The highest BCUT2D eigenvalue weighted by molar-refractivity contribution is 7.16. The Balaban J connectivity index is 1.59. The molecule has 3 aromatic rings. The number of fused-ring (bicyclic) bond motifs is 1. The first-order valence-electron chi connectivity index (χ1n) is 8.43. The number of benzene rings is 1. The predicted octanol–water partition coefficient (Wildman–Crippen LogP) is 3.59. The number of rotatable bonds is 4. The van der Waals surface area contributed by atoms with Crippen LogP contribution in [0.15, 0.2) is 48.2 Å². The fourth-order valence-corrected chi connectivity index (χ4v) is 4.02. The van der Waals surface area contributed by atoms with Crippen molar-refractivity contribution in [3.05, 3.63) is 59.4 Å². The minimum absolute atomic E-state index is 0.0535. The van der Waals surface area contributed by atoms with Crippen LogP contribution < -0.4 is 5.32 Å². The van der Waals surface area contributed by atoms with Crippen molar-refractivity contribution < 1.29 is 9.53 Å². The first-order valence-corrected chi connectivity index (χ1v) is 9.31. The molecule has 0 radical (unpaired) electrons. The summed E-state index contributed by atoms with van der Waals surface area (Å²) >= 11 is 1.54. The van der Waals surface area contributed by atoms with Crippen molar-refractivity contribution in [3.63, 3.8) is 0 Å². The number of nitrogens with one attached hydrogen (secondary N) is 1. The molecule has 1 aliphatic heterocycles. The van der Waals surface area contributed by atoms with Crippen LogP contribution in [0.4, 0.5) is 0 Å². The van der Waals surface area contributed by atoms with E-state index in [9.17, 15) is 4.79 Å². The summed E-state index contributed by atoms with van der Waals surface area (Å²) in [6.45, 7) is 1.48. The monoisotopic (exact) mass is 353 g/mol. The standard InChI is InChI=1S/C19H19N3O2S/c23-19(14-3-4-16-17(10-14)25-12-21-16)22-18(13-5-8-24-9-6-13)15-2-1-7-20-11-15/h1-4,7,10-13,18H,5-6,8-9H2,(H,22,23). The molecule has 4 rings (SSSR count). The Hall–Kier alpha value is -2.31. The number of ether oxygens (including phenoxy) is 1. The van der Waals surface area contributed by atoms with Crippen molar-refractivity contribution in [2.24, 2.45) is 5.92 Å². The van der Waals surface area contributed by atoms with E-state index in [1.807, 2.05) is 36.5 Å². The van der Waals surface area contributed by atoms with Crippen LogP contribution in [0.25, 0.3) is 10.2 Å². The van der Waals surface area contributed by atoms with Crippen LogP contribution in [0.2, 0.25) is 0 Å². The Bertz CT molecular complexity index is 859. The van der Waals surface area contributed by atoms with E-state index in [1.54, 1.807) is 23.0 Å². The van der Waals surface area contributed by atoms with E-state index >= 15 is 0 Å². The molecule has 1 saturated heterocycles. The third-order valence-electron chi connectivity index (χ3n) is 4.66. The molecule has 5 nitrogen and oxygen atoms in total. The number of thiazole rings is 1. The molecule has 1 amide bonds. The van der Waals surface area contributed by atoms with E-state index in [0.717, 1.165) is 41.8 Å². The second-order valence-electron chi connectivity index (χ2n) is 6.22. The smallest absolute Gasteiger partial charge is 0.251 e. The van der Waals surface area contributed by atoms with E-state index in [2.05, 4.69) is 15.3 Å². The maximum atomic E-state index is 12.9. The molecule has 1 unspecified atom stereocenters. The predicted molar refractivity (Wildman–Crippen MR) is 97.6 cm³/mol. The van der Waals surface area contributed by atoms with Gasteiger partial charge in [0.05, 0.1) is 21.8 Å². The molecule has 1 atom stereocenters. The van der Waals surface area contributed by atoms with Crippen molar-refractivity contribution in [3.8, 4) is 0 Å². The molecule has 0 aliphatic carbocycles.